The molecule has 0 saturated carbocycles. The summed E-state index contributed by atoms with van der Waals surface area (Å²) in [6.07, 6.45) is 0. The monoisotopic (exact) mass is 374 g/mol. The second-order valence-electron chi connectivity index (χ2n) is 4.26. The highest BCUT2D eigenvalue weighted by atomic mass is 79.9. The Kier molecular flexibility index (Phi) is 4.58. The van der Waals surface area contributed by atoms with Gasteiger partial charge < -0.3 is 14.2 Å². The number of carbonyl (C=O) groups excluding carboxylic acids is 2. The smallest absolute Gasteiger partial charge is 0.375 e. The van der Waals surface area contributed by atoms with Crippen LogP contribution in [-0.2, 0) is 29.4 Å². The average Bonchev–Trinajstić information content (AvgIpc) is 2.80. The highest BCUT2D eigenvalue weighted by Crippen LogP contribution is 2.43. The number of alkyl halides is 1. The fourth-order valence-electron chi connectivity index (χ4n) is 2.18. The molecule has 0 fully saturated rings. The van der Waals surface area contributed by atoms with Crippen LogP contribution in [0.4, 0.5) is 0 Å². The van der Waals surface area contributed by atoms with Gasteiger partial charge in [-0.05, 0) is 12.1 Å². The predicted octanol–water partition coefficient (Wildman–Crippen LogP) is 2.56. The number of benzene rings is 1. The first-order valence-corrected chi connectivity index (χ1v) is 7.42. The van der Waals surface area contributed by atoms with E-state index in [9.17, 15) is 9.59 Å². The molecule has 21 heavy (non-hydrogen) atoms. The normalized spacial score (nSPS) is 21.2. The molecule has 1 aliphatic rings. The van der Waals surface area contributed by atoms with Crippen molar-refractivity contribution in [2.24, 2.45) is 0 Å². The second-order valence-corrected chi connectivity index (χ2v) is 5.25. The Hall–Kier alpha value is -1.53. The minimum atomic E-state index is -1.31. The molecule has 1 unspecified atom stereocenters. The number of carbonyl (C=O) groups is 2. The van der Waals surface area contributed by atoms with Gasteiger partial charge in [-0.1, -0.05) is 39.7 Å². The van der Waals surface area contributed by atoms with Crippen molar-refractivity contribution >= 4 is 39.5 Å². The zero-order valence-electron chi connectivity index (χ0n) is 11.3. The van der Waals surface area contributed by atoms with Crippen molar-refractivity contribution < 1.29 is 23.8 Å². The predicted molar refractivity (Wildman–Crippen MR) is 79.1 cm³/mol. The molecular formula is C14H12BrClO5. The summed E-state index contributed by atoms with van der Waals surface area (Å²) >= 11 is 9.17. The van der Waals surface area contributed by atoms with Crippen molar-refractivity contribution in [1.82, 2.24) is 0 Å². The summed E-state index contributed by atoms with van der Waals surface area (Å²) in [6, 6.07) is 6.65. The third-order valence-electron chi connectivity index (χ3n) is 3.18. The lowest BCUT2D eigenvalue weighted by Crippen LogP contribution is -2.34. The van der Waals surface area contributed by atoms with Crippen LogP contribution >= 0.6 is 27.5 Å². The van der Waals surface area contributed by atoms with E-state index in [1.54, 1.807) is 24.3 Å². The van der Waals surface area contributed by atoms with E-state index in [1.165, 1.54) is 14.2 Å². The maximum Gasteiger partial charge on any atom is 0.375 e. The number of halogens is 2. The Bertz CT molecular complexity index is 610. The van der Waals surface area contributed by atoms with Crippen LogP contribution in [0.1, 0.15) is 5.56 Å². The molecule has 5 nitrogen and oxygen atoms in total. The Morgan fingerprint density at radius 1 is 1.33 bits per heavy atom. The molecule has 0 amide bonds. The van der Waals surface area contributed by atoms with Gasteiger partial charge in [0.05, 0.1) is 19.5 Å². The molecule has 0 bridgehead atoms. The van der Waals surface area contributed by atoms with E-state index in [2.05, 4.69) is 15.9 Å². The Morgan fingerprint density at radius 3 is 2.43 bits per heavy atom. The standard InChI is InChI=1S/C14H12BrClO5/c1-19-11-10(12(17)20-2)14(7-15,21-13(11)18)8-3-5-9(16)6-4-8/h3-6H,7H2,1-2H3. The van der Waals surface area contributed by atoms with Gasteiger partial charge in [-0.15, -0.1) is 0 Å². The van der Waals surface area contributed by atoms with Crippen molar-refractivity contribution in [3.63, 3.8) is 0 Å². The van der Waals surface area contributed by atoms with E-state index in [0.29, 0.717) is 10.6 Å². The lowest BCUT2D eigenvalue weighted by Gasteiger charge is -2.27. The number of hydrogen-bond acceptors (Lipinski definition) is 5. The minimum Gasteiger partial charge on any atom is -0.489 e. The molecule has 1 aliphatic heterocycles. The topological polar surface area (TPSA) is 61.8 Å². The van der Waals surface area contributed by atoms with Gasteiger partial charge in [0, 0.05) is 10.6 Å². The minimum absolute atomic E-state index is 0.0247. The van der Waals surface area contributed by atoms with Crippen LogP contribution in [0.15, 0.2) is 35.6 Å². The van der Waals surface area contributed by atoms with Crippen molar-refractivity contribution in [2.75, 3.05) is 19.5 Å². The van der Waals surface area contributed by atoms with E-state index in [1.807, 2.05) is 0 Å². The van der Waals surface area contributed by atoms with Crippen LogP contribution in [0.3, 0.4) is 0 Å². The third kappa shape index (κ3) is 2.53. The summed E-state index contributed by atoms with van der Waals surface area (Å²) in [7, 11) is 2.53. The van der Waals surface area contributed by atoms with Crippen LogP contribution < -0.4 is 0 Å². The highest BCUT2D eigenvalue weighted by molar-refractivity contribution is 9.09. The maximum absolute atomic E-state index is 12.1. The first kappa shape index (κ1) is 15.9. The van der Waals surface area contributed by atoms with Crippen LogP contribution in [-0.4, -0.2) is 31.5 Å². The summed E-state index contributed by atoms with van der Waals surface area (Å²) < 4.78 is 15.2. The third-order valence-corrected chi connectivity index (χ3v) is 4.22. The quantitative estimate of drug-likeness (QED) is 0.598. The van der Waals surface area contributed by atoms with Crippen LogP contribution in [0.2, 0.25) is 5.02 Å². The Morgan fingerprint density at radius 2 is 1.95 bits per heavy atom. The van der Waals surface area contributed by atoms with Crippen LogP contribution in [0.25, 0.3) is 0 Å². The summed E-state index contributed by atoms with van der Waals surface area (Å²) in [4.78, 5) is 24.1. The average molecular weight is 376 g/mol. The molecule has 1 aromatic carbocycles. The molecule has 112 valence electrons. The summed E-state index contributed by atoms with van der Waals surface area (Å²) in [6.45, 7) is 0. The zero-order valence-corrected chi connectivity index (χ0v) is 13.7. The maximum atomic E-state index is 12.1. The molecule has 1 atom stereocenters. The number of ether oxygens (including phenoxy) is 3. The number of methoxy groups -OCH3 is 2. The molecular weight excluding hydrogens is 364 g/mol. The molecule has 0 radical (unpaired) electrons. The molecule has 0 spiro atoms. The fourth-order valence-corrected chi connectivity index (χ4v) is 3.02. The molecule has 1 heterocycles. The first-order valence-electron chi connectivity index (χ1n) is 5.92. The fraction of sp³-hybridized carbons (Fsp3) is 0.286. The molecule has 0 N–H and O–H groups in total. The first-order chi connectivity index (χ1) is 10.00. The van der Waals surface area contributed by atoms with Crippen LogP contribution in [0, 0.1) is 0 Å². The zero-order chi connectivity index (χ0) is 15.6. The van der Waals surface area contributed by atoms with E-state index in [4.69, 9.17) is 25.8 Å². The van der Waals surface area contributed by atoms with Gasteiger partial charge in [-0.3, -0.25) is 0 Å². The van der Waals surface area contributed by atoms with E-state index in [-0.39, 0.29) is 16.7 Å². The number of hydrogen-bond donors (Lipinski definition) is 0. The Balaban J connectivity index is 2.66. The van der Waals surface area contributed by atoms with Crippen LogP contribution in [0.5, 0.6) is 0 Å². The molecule has 0 saturated heterocycles. The van der Waals surface area contributed by atoms with Gasteiger partial charge in [-0.25, -0.2) is 9.59 Å². The number of rotatable bonds is 4. The summed E-state index contributed by atoms with van der Waals surface area (Å²) in [5, 5.41) is 0.702. The largest absolute Gasteiger partial charge is 0.489 e. The van der Waals surface area contributed by atoms with Gasteiger partial charge in [0.15, 0.2) is 5.60 Å². The molecule has 0 aromatic heterocycles. The number of esters is 2. The molecule has 2 rings (SSSR count). The highest BCUT2D eigenvalue weighted by Gasteiger charge is 2.53. The van der Waals surface area contributed by atoms with Gasteiger partial charge in [0.2, 0.25) is 5.76 Å². The van der Waals surface area contributed by atoms with Crippen molar-refractivity contribution in [3.05, 3.63) is 46.2 Å². The lowest BCUT2D eigenvalue weighted by molar-refractivity contribution is -0.149. The summed E-state index contributed by atoms with van der Waals surface area (Å²) in [5.74, 6) is -1.56. The van der Waals surface area contributed by atoms with Gasteiger partial charge >= 0.3 is 11.9 Å². The second kappa shape index (κ2) is 6.07. The van der Waals surface area contributed by atoms with E-state index >= 15 is 0 Å². The van der Waals surface area contributed by atoms with E-state index in [0.717, 1.165) is 0 Å². The lowest BCUT2D eigenvalue weighted by atomic mass is 9.88. The summed E-state index contributed by atoms with van der Waals surface area (Å²) in [5.41, 5.74) is -0.693. The van der Waals surface area contributed by atoms with Gasteiger partial charge in [0.1, 0.15) is 5.57 Å². The Labute approximate surface area is 134 Å². The van der Waals surface area contributed by atoms with Gasteiger partial charge in [0.25, 0.3) is 0 Å². The molecule has 1 aromatic rings. The van der Waals surface area contributed by atoms with Crippen molar-refractivity contribution in [2.45, 2.75) is 5.60 Å². The number of cyclic esters (lactones) is 1. The van der Waals surface area contributed by atoms with E-state index < -0.39 is 17.5 Å². The SMILES string of the molecule is COC(=O)C1=C(OC)C(=O)OC1(CBr)c1ccc(Cl)cc1. The van der Waals surface area contributed by atoms with Gasteiger partial charge in [-0.2, -0.15) is 0 Å². The van der Waals surface area contributed by atoms with Crippen molar-refractivity contribution in [1.29, 1.82) is 0 Å². The molecule has 0 aliphatic carbocycles. The molecule has 7 heteroatoms. The van der Waals surface area contributed by atoms with Crippen molar-refractivity contribution in [3.8, 4) is 0 Å².